The molecule has 3 N–H and O–H groups in total. The third-order valence-electron chi connectivity index (χ3n) is 6.71. The predicted molar refractivity (Wildman–Crippen MR) is 116 cm³/mol. The Morgan fingerprint density at radius 2 is 1.52 bits per heavy atom. The molecule has 0 aliphatic heterocycles. The zero-order chi connectivity index (χ0) is 21.6. The van der Waals surface area contributed by atoms with E-state index in [0.29, 0.717) is 18.4 Å². The van der Waals surface area contributed by atoms with Crippen LogP contribution < -0.4 is 5.73 Å². The molecule has 0 radical (unpaired) electrons. The van der Waals surface area contributed by atoms with Gasteiger partial charge in [0.05, 0.1) is 5.92 Å². The van der Waals surface area contributed by atoms with Gasteiger partial charge in [0.2, 0.25) is 0 Å². The Kier molecular flexibility index (Phi) is 4.63. The molecule has 31 heavy (non-hydrogen) atoms. The van der Waals surface area contributed by atoms with Gasteiger partial charge in [-0.2, -0.15) is 0 Å². The van der Waals surface area contributed by atoms with Crippen LogP contribution >= 0.6 is 0 Å². The zero-order valence-electron chi connectivity index (χ0n) is 17.0. The second kappa shape index (κ2) is 7.36. The number of rotatable bonds is 4. The van der Waals surface area contributed by atoms with Gasteiger partial charge >= 0.3 is 11.9 Å². The Morgan fingerprint density at radius 1 is 0.935 bits per heavy atom. The molecule has 0 fully saturated rings. The van der Waals surface area contributed by atoms with E-state index in [9.17, 15) is 14.7 Å². The van der Waals surface area contributed by atoms with Crippen LogP contribution in [0.3, 0.4) is 0 Å². The summed E-state index contributed by atoms with van der Waals surface area (Å²) in [5.41, 5.74) is 10.5. The van der Waals surface area contributed by atoms with Crippen LogP contribution in [0.25, 0.3) is 11.1 Å². The van der Waals surface area contributed by atoms with Crippen molar-refractivity contribution in [3.8, 4) is 11.1 Å². The molecular formula is C26H23NO4. The molecule has 3 aromatic rings. The molecule has 0 amide bonds. The number of carbonyl (C=O) groups excluding carboxylic acids is 1. The SMILES string of the molecule is NC1(C(=O)O)c2ccccc2CCC1C(=O)OCC1c2ccccc2-c2ccccc21. The van der Waals surface area contributed by atoms with Crippen LogP contribution in [0.1, 0.15) is 34.6 Å². The number of carboxylic acid groups (broad SMARTS) is 1. The number of hydrogen-bond donors (Lipinski definition) is 2. The zero-order valence-corrected chi connectivity index (χ0v) is 17.0. The van der Waals surface area contributed by atoms with Crippen molar-refractivity contribution < 1.29 is 19.4 Å². The fourth-order valence-corrected chi connectivity index (χ4v) is 5.13. The lowest BCUT2D eigenvalue weighted by Crippen LogP contribution is -2.56. The van der Waals surface area contributed by atoms with Gasteiger partial charge in [0, 0.05) is 5.92 Å². The summed E-state index contributed by atoms with van der Waals surface area (Å²) in [5, 5.41) is 9.97. The molecule has 0 bridgehead atoms. The van der Waals surface area contributed by atoms with E-state index >= 15 is 0 Å². The Balaban J connectivity index is 1.42. The summed E-state index contributed by atoms with van der Waals surface area (Å²) in [7, 11) is 0. The number of carboxylic acids is 1. The maximum absolute atomic E-state index is 13.1. The number of nitrogens with two attached hydrogens (primary N) is 1. The molecule has 0 heterocycles. The first-order valence-corrected chi connectivity index (χ1v) is 10.5. The van der Waals surface area contributed by atoms with Crippen molar-refractivity contribution in [2.75, 3.05) is 6.61 Å². The summed E-state index contributed by atoms with van der Waals surface area (Å²) in [4.78, 5) is 25.4. The van der Waals surface area contributed by atoms with Crippen molar-refractivity contribution in [2.45, 2.75) is 24.3 Å². The minimum Gasteiger partial charge on any atom is -0.480 e. The topological polar surface area (TPSA) is 89.6 Å². The largest absolute Gasteiger partial charge is 0.480 e. The standard InChI is InChI=1S/C26H23NO4/c27-26(25(29)30)22-12-6-1-7-16(22)13-14-23(26)24(28)31-15-21-19-10-4-2-8-17(19)18-9-3-5-11-20(18)21/h1-12,21,23H,13-15,27H2,(H,29,30). The molecule has 156 valence electrons. The highest BCUT2D eigenvalue weighted by molar-refractivity contribution is 5.90. The van der Waals surface area contributed by atoms with Gasteiger partial charge in [-0.15, -0.1) is 0 Å². The van der Waals surface area contributed by atoms with Crippen molar-refractivity contribution >= 4 is 11.9 Å². The Morgan fingerprint density at radius 3 is 2.16 bits per heavy atom. The van der Waals surface area contributed by atoms with Crippen molar-refractivity contribution in [1.82, 2.24) is 0 Å². The molecule has 2 aliphatic rings. The van der Waals surface area contributed by atoms with Crippen LogP contribution in [0, 0.1) is 5.92 Å². The van der Waals surface area contributed by atoms with Gasteiger partial charge in [0.1, 0.15) is 6.61 Å². The summed E-state index contributed by atoms with van der Waals surface area (Å²) in [6.07, 6.45) is 0.938. The summed E-state index contributed by atoms with van der Waals surface area (Å²) in [6, 6.07) is 23.4. The summed E-state index contributed by atoms with van der Waals surface area (Å²) < 4.78 is 5.76. The van der Waals surface area contributed by atoms with E-state index in [2.05, 4.69) is 24.3 Å². The van der Waals surface area contributed by atoms with Crippen LogP contribution in [0.4, 0.5) is 0 Å². The van der Waals surface area contributed by atoms with Crippen molar-refractivity contribution in [2.24, 2.45) is 11.7 Å². The number of benzene rings is 3. The van der Waals surface area contributed by atoms with Crippen LogP contribution in [0.15, 0.2) is 72.8 Å². The van der Waals surface area contributed by atoms with E-state index in [1.54, 1.807) is 12.1 Å². The Hall–Kier alpha value is -3.44. The molecule has 2 unspecified atom stereocenters. The molecule has 2 atom stereocenters. The molecule has 5 rings (SSSR count). The fraction of sp³-hybridized carbons (Fsp3) is 0.231. The number of ether oxygens (including phenoxy) is 1. The van der Waals surface area contributed by atoms with E-state index in [-0.39, 0.29) is 12.5 Å². The molecule has 3 aromatic carbocycles. The number of carbonyl (C=O) groups is 2. The van der Waals surface area contributed by atoms with Gasteiger partial charge in [-0.05, 0) is 46.2 Å². The number of aryl methyl sites for hydroxylation is 1. The minimum absolute atomic E-state index is 0.0794. The average molecular weight is 413 g/mol. The molecule has 0 saturated heterocycles. The van der Waals surface area contributed by atoms with E-state index in [4.69, 9.17) is 10.5 Å². The van der Waals surface area contributed by atoms with E-state index in [1.807, 2.05) is 36.4 Å². The highest BCUT2D eigenvalue weighted by Gasteiger charge is 2.51. The van der Waals surface area contributed by atoms with Gasteiger partial charge in [-0.25, -0.2) is 4.79 Å². The highest BCUT2D eigenvalue weighted by Crippen LogP contribution is 2.45. The lowest BCUT2D eigenvalue weighted by atomic mass is 9.69. The number of aliphatic carboxylic acids is 1. The van der Waals surface area contributed by atoms with Crippen molar-refractivity contribution in [1.29, 1.82) is 0 Å². The molecule has 0 aromatic heterocycles. The van der Waals surface area contributed by atoms with Crippen molar-refractivity contribution in [3.63, 3.8) is 0 Å². The van der Waals surface area contributed by atoms with Crippen LogP contribution in [-0.2, 0) is 26.3 Å². The molecule has 0 saturated carbocycles. The van der Waals surface area contributed by atoms with Crippen LogP contribution in [0.5, 0.6) is 0 Å². The van der Waals surface area contributed by atoms with E-state index in [0.717, 1.165) is 27.8 Å². The van der Waals surface area contributed by atoms with Crippen molar-refractivity contribution in [3.05, 3.63) is 95.1 Å². The van der Waals surface area contributed by atoms with Gasteiger partial charge in [0.25, 0.3) is 0 Å². The average Bonchev–Trinajstić information content (AvgIpc) is 3.11. The van der Waals surface area contributed by atoms with Gasteiger partial charge in [0.15, 0.2) is 5.54 Å². The summed E-state index contributed by atoms with van der Waals surface area (Å²) >= 11 is 0. The molecule has 0 spiro atoms. The lowest BCUT2D eigenvalue weighted by Gasteiger charge is -2.38. The molecule has 2 aliphatic carbocycles. The third kappa shape index (κ3) is 2.96. The molecule has 5 heteroatoms. The molecular weight excluding hydrogens is 390 g/mol. The summed E-state index contributed by atoms with van der Waals surface area (Å²) in [6.45, 7) is 0.153. The second-order valence-corrected chi connectivity index (χ2v) is 8.28. The van der Waals surface area contributed by atoms with Gasteiger partial charge in [-0.1, -0.05) is 72.8 Å². The second-order valence-electron chi connectivity index (χ2n) is 8.28. The van der Waals surface area contributed by atoms with E-state index in [1.165, 1.54) is 0 Å². The summed E-state index contributed by atoms with van der Waals surface area (Å²) in [5.74, 6) is -2.78. The number of fused-ring (bicyclic) bond motifs is 4. The Labute approximate surface area is 180 Å². The fourth-order valence-electron chi connectivity index (χ4n) is 5.13. The van der Waals surface area contributed by atoms with Gasteiger partial charge < -0.3 is 15.6 Å². The van der Waals surface area contributed by atoms with Gasteiger partial charge in [-0.3, -0.25) is 4.79 Å². The highest BCUT2D eigenvalue weighted by atomic mass is 16.5. The first kappa shape index (κ1) is 19.5. The lowest BCUT2D eigenvalue weighted by molar-refractivity contribution is -0.161. The maximum Gasteiger partial charge on any atom is 0.329 e. The maximum atomic E-state index is 13.1. The molecule has 5 nitrogen and oxygen atoms in total. The Bertz CT molecular complexity index is 1140. The van der Waals surface area contributed by atoms with Crippen LogP contribution in [-0.4, -0.2) is 23.7 Å². The third-order valence-corrected chi connectivity index (χ3v) is 6.71. The monoisotopic (exact) mass is 413 g/mol. The first-order valence-electron chi connectivity index (χ1n) is 10.5. The van der Waals surface area contributed by atoms with Crippen LogP contribution in [0.2, 0.25) is 0 Å². The number of esters is 1. The van der Waals surface area contributed by atoms with E-state index < -0.39 is 23.4 Å². The normalized spacial score (nSPS) is 21.6. The first-order chi connectivity index (χ1) is 15.0. The smallest absolute Gasteiger partial charge is 0.329 e. The number of hydrogen-bond acceptors (Lipinski definition) is 4. The minimum atomic E-state index is -1.79. The predicted octanol–water partition coefficient (Wildman–Crippen LogP) is 3.84. The quantitative estimate of drug-likeness (QED) is 0.635.